The molecule has 1 aromatic heterocycles. The van der Waals surface area contributed by atoms with Crippen LogP contribution in [-0.4, -0.2) is 31.4 Å². The molecule has 0 N–H and O–H groups in total. The highest BCUT2D eigenvalue weighted by Crippen LogP contribution is 2.39. The van der Waals surface area contributed by atoms with E-state index in [2.05, 4.69) is 24.8 Å². The molecule has 2 aliphatic rings. The largest absolute Gasteiger partial charge is 0.498 e. The van der Waals surface area contributed by atoms with Gasteiger partial charge in [0.2, 0.25) is 5.88 Å². The predicted octanol–water partition coefficient (Wildman–Crippen LogP) is 6.48. The monoisotopic (exact) mass is 531 g/mol. The van der Waals surface area contributed by atoms with Gasteiger partial charge in [-0.25, -0.2) is 0 Å². The van der Waals surface area contributed by atoms with Gasteiger partial charge < -0.3 is 23.4 Å². The van der Waals surface area contributed by atoms with Crippen molar-refractivity contribution in [1.82, 2.24) is 0 Å². The molecule has 0 bridgehead atoms. The number of nitrogens with zero attached hydrogens (tertiary/aromatic N) is 1. The lowest BCUT2D eigenvalue weighted by Crippen LogP contribution is -2.41. The average Bonchev–Trinajstić information content (AvgIpc) is 3.08. The SMILES string of the molecule is Cc1cc(C(C)Oc2ccccc2B2OC(C)(C)C(C)(C)O2)c2oc(N3CCC(C)(C)CC3)c(C)c(=O)c2c1. The molecule has 0 amide bonds. The van der Waals surface area contributed by atoms with Crippen LogP contribution in [0.5, 0.6) is 5.75 Å². The Bertz CT molecular complexity index is 1430. The van der Waals surface area contributed by atoms with Crippen molar-refractivity contribution in [3.05, 3.63) is 63.3 Å². The second kappa shape index (κ2) is 9.70. The summed E-state index contributed by atoms with van der Waals surface area (Å²) in [6.07, 6.45) is 1.74. The summed E-state index contributed by atoms with van der Waals surface area (Å²) in [7, 11) is -0.539. The summed E-state index contributed by atoms with van der Waals surface area (Å²) in [5.41, 5.74) is 3.36. The van der Waals surface area contributed by atoms with Crippen LogP contribution in [-0.2, 0) is 9.31 Å². The Labute approximate surface area is 232 Å². The molecule has 6 nitrogen and oxygen atoms in total. The molecule has 2 saturated heterocycles. The Hall–Kier alpha value is -2.77. The zero-order valence-corrected chi connectivity index (χ0v) is 24.9. The predicted molar refractivity (Wildman–Crippen MR) is 158 cm³/mol. The fraction of sp³-hybridized carbons (Fsp3) is 0.531. The number of para-hydroxylation sites is 1. The van der Waals surface area contributed by atoms with Gasteiger partial charge in [-0.2, -0.15) is 0 Å². The normalized spacial score (nSPS) is 20.8. The number of hydrogen-bond donors (Lipinski definition) is 0. The van der Waals surface area contributed by atoms with E-state index in [9.17, 15) is 4.79 Å². The first-order valence-corrected chi connectivity index (χ1v) is 14.1. The summed E-state index contributed by atoms with van der Waals surface area (Å²) in [4.78, 5) is 15.8. The molecule has 0 radical (unpaired) electrons. The van der Waals surface area contributed by atoms with Crippen LogP contribution in [0, 0.1) is 19.3 Å². The lowest BCUT2D eigenvalue weighted by molar-refractivity contribution is 0.00578. The average molecular weight is 532 g/mol. The van der Waals surface area contributed by atoms with Crippen LogP contribution in [0.25, 0.3) is 11.0 Å². The van der Waals surface area contributed by atoms with E-state index >= 15 is 0 Å². The van der Waals surface area contributed by atoms with E-state index in [1.54, 1.807) is 0 Å². The van der Waals surface area contributed by atoms with Crippen molar-refractivity contribution in [3.63, 3.8) is 0 Å². The highest BCUT2D eigenvalue weighted by Gasteiger charge is 2.52. The van der Waals surface area contributed by atoms with Gasteiger partial charge in [0.1, 0.15) is 17.4 Å². The molecular formula is C32H42BNO5. The molecule has 5 rings (SSSR count). The quantitative estimate of drug-likeness (QED) is 0.352. The van der Waals surface area contributed by atoms with E-state index in [0.29, 0.717) is 33.6 Å². The Kier molecular flexibility index (Phi) is 6.91. The van der Waals surface area contributed by atoms with E-state index < -0.39 is 18.3 Å². The zero-order valence-electron chi connectivity index (χ0n) is 24.9. The molecule has 0 aliphatic carbocycles. The summed E-state index contributed by atoms with van der Waals surface area (Å²) in [5, 5.41) is 0.596. The molecular weight excluding hydrogens is 489 g/mol. The minimum absolute atomic E-state index is 0.0193. The molecule has 7 heteroatoms. The molecule has 2 aliphatic heterocycles. The van der Waals surface area contributed by atoms with Crippen molar-refractivity contribution in [2.45, 2.75) is 92.5 Å². The number of aryl methyl sites for hydroxylation is 1. The van der Waals surface area contributed by atoms with Gasteiger partial charge in [0.05, 0.1) is 22.2 Å². The van der Waals surface area contributed by atoms with E-state index in [0.717, 1.165) is 42.5 Å². The lowest BCUT2D eigenvalue weighted by atomic mass is 9.78. The minimum atomic E-state index is -0.539. The standard InChI is InChI=1S/C32H42BNO5/c1-20-18-23(22(3)36-26-13-11-10-12-25(26)33-38-31(6,7)32(8,9)39-33)28-24(19-20)27(35)21(2)29(37-28)34-16-14-30(4,5)15-17-34/h10-13,18-19,22H,14-17H2,1-9H3. The van der Waals surface area contributed by atoms with Gasteiger partial charge in [-0.1, -0.05) is 32.0 Å². The Morgan fingerprint density at radius 2 is 1.56 bits per heavy atom. The topological polar surface area (TPSA) is 61.1 Å². The molecule has 1 atom stereocenters. The lowest BCUT2D eigenvalue weighted by Gasteiger charge is -2.37. The van der Waals surface area contributed by atoms with Crippen molar-refractivity contribution in [2.75, 3.05) is 18.0 Å². The number of rotatable bonds is 5. The molecule has 2 fully saturated rings. The molecule has 3 aromatic rings. The Balaban J connectivity index is 1.52. The number of anilines is 1. The summed E-state index contributed by atoms with van der Waals surface area (Å²) >= 11 is 0. The van der Waals surface area contributed by atoms with Gasteiger partial charge in [0.15, 0.2) is 5.43 Å². The Morgan fingerprint density at radius 1 is 0.949 bits per heavy atom. The van der Waals surface area contributed by atoms with Crippen LogP contribution in [0.2, 0.25) is 0 Å². The molecule has 3 heterocycles. The van der Waals surface area contributed by atoms with Gasteiger partial charge in [-0.05, 0) is 90.5 Å². The third-order valence-corrected chi connectivity index (χ3v) is 8.94. The van der Waals surface area contributed by atoms with Gasteiger partial charge in [0, 0.05) is 24.1 Å². The van der Waals surface area contributed by atoms with Crippen LogP contribution in [0.15, 0.2) is 45.6 Å². The summed E-state index contributed by atoms with van der Waals surface area (Å²) in [6, 6.07) is 11.8. The summed E-state index contributed by atoms with van der Waals surface area (Å²) < 4.78 is 25.9. The first-order valence-electron chi connectivity index (χ1n) is 14.1. The maximum Gasteiger partial charge on any atom is 0.498 e. The highest BCUT2D eigenvalue weighted by atomic mass is 16.7. The van der Waals surface area contributed by atoms with Crippen molar-refractivity contribution in [1.29, 1.82) is 0 Å². The van der Waals surface area contributed by atoms with Crippen molar-refractivity contribution >= 4 is 29.4 Å². The minimum Gasteiger partial charge on any atom is -0.486 e. The first kappa shape index (κ1) is 27.8. The summed E-state index contributed by atoms with van der Waals surface area (Å²) in [5.74, 6) is 1.36. The second-order valence-corrected chi connectivity index (χ2v) is 13.1. The molecule has 1 unspecified atom stereocenters. The number of fused-ring (bicyclic) bond motifs is 1. The van der Waals surface area contributed by atoms with E-state index in [1.807, 2.05) is 78.8 Å². The van der Waals surface area contributed by atoms with Gasteiger partial charge >= 0.3 is 7.12 Å². The summed E-state index contributed by atoms with van der Waals surface area (Å²) in [6.45, 7) is 20.4. The molecule has 2 aromatic carbocycles. The first-order chi connectivity index (χ1) is 18.2. The zero-order chi connectivity index (χ0) is 28.3. The number of piperidine rings is 1. The van der Waals surface area contributed by atoms with Crippen LogP contribution in [0.3, 0.4) is 0 Å². The van der Waals surface area contributed by atoms with E-state index in [1.165, 1.54) is 0 Å². The van der Waals surface area contributed by atoms with Gasteiger partial charge in [0.25, 0.3) is 0 Å². The molecule has 0 spiro atoms. The molecule has 0 saturated carbocycles. The van der Waals surface area contributed by atoms with E-state index in [-0.39, 0.29) is 11.5 Å². The number of hydrogen-bond acceptors (Lipinski definition) is 6. The fourth-order valence-corrected chi connectivity index (χ4v) is 5.48. The van der Waals surface area contributed by atoms with Crippen LogP contribution < -0.4 is 20.5 Å². The number of ether oxygens (including phenoxy) is 1. The third kappa shape index (κ3) is 5.11. The van der Waals surface area contributed by atoms with Gasteiger partial charge in [-0.15, -0.1) is 0 Å². The van der Waals surface area contributed by atoms with Crippen LogP contribution >= 0.6 is 0 Å². The van der Waals surface area contributed by atoms with Crippen molar-refractivity contribution in [3.8, 4) is 5.75 Å². The third-order valence-electron chi connectivity index (χ3n) is 8.94. The van der Waals surface area contributed by atoms with Crippen molar-refractivity contribution < 1.29 is 18.5 Å². The molecule has 208 valence electrons. The maximum atomic E-state index is 13.6. The number of benzene rings is 2. The molecule has 39 heavy (non-hydrogen) atoms. The highest BCUT2D eigenvalue weighted by molar-refractivity contribution is 6.63. The van der Waals surface area contributed by atoms with Gasteiger partial charge in [-0.3, -0.25) is 4.79 Å². The fourth-order valence-electron chi connectivity index (χ4n) is 5.48. The van der Waals surface area contributed by atoms with Crippen LogP contribution in [0.4, 0.5) is 5.88 Å². The second-order valence-electron chi connectivity index (χ2n) is 13.1. The van der Waals surface area contributed by atoms with Crippen molar-refractivity contribution in [2.24, 2.45) is 5.41 Å². The maximum absolute atomic E-state index is 13.6. The van der Waals surface area contributed by atoms with Crippen LogP contribution in [0.1, 0.15) is 84.1 Å². The Morgan fingerprint density at radius 3 is 2.21 bits per heavy atom. The van der Waals surface area contributed by atoms with E-state index in [4.69, 9.17) is 18.5 Å². The smallest absolute Gasteiger partial charge is 0.486 e.